The third-order valence-electron chi connectivity index (χ3n) is 6.41. The Kier molecular flexibility index (Phi) is 3.62. The third-order valence-corrected chi connectivity index (χ3v) is 6.41. The molecule has 5 rings (SSSR count). The van der Waals surface area contributed by atoms with E-state index >= 15 is 0 Å². The second-order valence-electron chi connectivity index (χ2n) is 8.54. The number of rotatable bonds is 4. The fourth-order valence-corrected chi connectivity index (χ4v) is 5.80. The number of amides is 1. The Morgan fingerprint density at radius 3 is 2.30 bits per heavy atom. The van der Waals surface area contributed by atoms with Crippen LogP contribution in [0.1, 0.15) is 48.9 Å². The van der Waals surface area contributed by atoms with E-state index in [1.165, 1.54) is 38.5 Å². The number of carbonyl (C=O) groups is 1. The van der Waals surface area contributed by atoms with E-state index < -0.39 is 0 Å². The van der Waals surface area contributed by atoms with Gasteiger partial charge in [0.1, 0.15) is 0 Å². The fourth-order valence-electron chi connectivity index (χ4n) is 5.80. The summed E-state index contributed by atoms with van der Waals surface area (Å²) in [6, 6.07) is 7.90. The molecule has 0 aliphatic heterocycles. The lowest BCUT2D eigenvalue weighted by molar-refractivity contribution is -0.0503. The molecule has 4 fully saturated rings. The van der Waals surface area contributed by atoms with E-state index in [0.29, 0.717) is 5.41 Å². The standard InChI is InChI=1S/C20H28N2O/c1-22(2)18-5-3-4-17(9-18)19(23)21-13-20-10-14-6-15(11-20)8-16(7-14)12-20/h3-5,9,14-16H,6-8,10-13H2,1-2H3,(H,21,23). The summed E-state index contributed by atoms with van der Waals surface area (Å²) in [7, 11) is 4.01. The third kappa shape index (κ3) is 2.86. The highest BCUT2D eigenvalue weighted by Crippen LogP contribution is 2.59. The second kappa shape index (κ2) is 5.54. The van der Waals surface area contributed by atoms with Crippen molar-refractivity contribution in [3.63, 3.8) is 0 Å². The average Bonchev–Trinajstić information content (AvgIpc) is 2.51. The van der Waals surface area contributed by atoms with E-state index in [-0.39, 0.29) is 5.91 Å². The Balaban J connectivity index is 1.43. The average molecular weight is 312 g/mol. The SMILES string of the molecule is CN(C)c1cccc(C(=O)NCC23CC4CC(CC(C4)C2)C3)c1. The molecule has 0 aromatic heterocycles. The van der Waals surface area contributed by atoms with E-state index in [0.717, 1.165) is 35.5 Å². The lowest BCUT2D eigenvalue weighted by atomic mass is 9.49. The Labute approximate surface area is 139 Å². The maximum Gasteiger partial charge on any atom is 0.251 e. The molecular weight excluding hydrogens is 284 g/mol. The molecule has 23 heavy (non-hydrogen) atoms. The van der Waals surface area contributed by atoms with Crippen LogP contribution in [0.2, 0.25) is 0 Å². The number of nitrogens with zero attached hydrogens (tertiary/aromatic N) is 1. The highest BCUT2D eigenvalue weighted by molar-refractivity contribution is 5.95. The molecule has 3 nitrogen and oxygen atoms in total. The van der Waals surface area contributed by atoms with Crippen LogP contribution in [-0.2, 0) is 0 Å². The predicted molar refractivity (Wildman–Crippen MR) is 93.7 cm³/mol. The van der Waals surface area contributed by atoms with Crippen LogP contribution in [0.5, 0.6) is 0 Å². The van der Waals surface area contributed by atoms with Crippen molar-refractivity contribution in [2.75, 3.05) is 25.5 Å². The van der Waals surface area contributed by atoms with Crippen molar-refractivity contribution in [3.8, 4) is 0 Å². The largest absolute Gasteiger partial charge is 0.378 e. The van der Waals surface area contributed by atoms with Crippen molar-refractivity contribution in [3.05, 3.63) is 29.8 Å². The Morgan fingerprint density at radius 1 is 1.13 bits per heavy atom. The Morgan fingerprint density at radius 2 is 1.74 bits per heavy atom. The monoisotopic (exact) mass is 312 g/mol. The summed E-state index contributed by atoms with van der Waals surface area (Å²) in [4.78, 5) is 14.6. The number of hydrogen-bond acceptors (Lipinski definition) is 2. The van der Waals surface area contributed by atoms with Crippen LogP contribution in [0, 0.1) is 23.2 Å². The minimum atomic E-state index is 0.0874. The van der Waals surface area contributed by atoms with Gasteiger partial charge in [0.2, 0.25) is 0 Å². The van der Waals surface area contributed by atoms with Crippen molar-refractivity contribution in [2.24, 2.45) is 23.2 Å². The van der Waals surface area contributed by atoms with Crippen molar-refractivity contribution >= 4 is 11.6 Å². The van der Waals surface area contributed by atoms with Crippen molar-refractivity contribution < 1.29 is 4.79 Å². The molecule has 1 amide bonds. The van der Waals surface area contributed by atoms with Crippen LogP contribution >= 0.6 is 0 Å². The number of hydrogen-bond donors (Lipinski definition) is 1. The first-order valence-corrected chi connectivity index (χ1v) is 9.09. The van der Waals surface area contributed by atoms with Crippen LogP contribution in [0.25, 0.3) is 0 Å². The van der Waals surface area contributed by atoms with Crippen LogP contribution in [0.4, 0.5) is 5.69 Å². The quantitative estimate of drug-likeness (QED) is 0.919. The van der Waals surface area contributed by atoms with E-state index in [2.05, 4.69) is 5.32 Å². The molecule has 1 aromatic rings. The number of carbonyl (C=O) groups excluding carboxylic acids is 1. The zero-order chi connectivity index (χ0) is 16.0. The molecule has 1 aromatic carbocycles. The lowest BCUT2D eigenvalue weighted by Crippen LogP contribution is -2.51. The molecule has 4 aliphatic carbocycles. The van der Waals surface area contributed by atoms with Crippen molar-refractivity contribution in [1.29, 1.82) is 0 Å². The van der Waals surface area contributed by atoms with Gasteiger partial charge in [-0.3, -0.25) is 4.79 Å². The molecule has 0 saturated heterocycles. The summed E-state index contributed by atoms with van der Waals surface area (Å²) in [6.45, 7) is 0.877. The highest BCUT2D eigenvalue weighted by atomic mass is 16.1. The minimum Gasteiger partial charge on any atom is -0.378 e. The smallest absolute Gasteiger partial charge is 0.251 e. The molecule has 0 heterocycles. The summed E-state index contributed by atoms with van der Waals surface area (Å²) in [6.07, 6.45) is 8.40. The van der Waals surface area contributed by atoms with Crippen LogP contribution in [0.15, 0.2) is 24.3 Å². The fraction of sp³-hybridized carbons (Fsp3) is 0.650. The Hall–Kier alpha value is -1.51. The number of anilines is 1. The normalized spacial score (nSPS) is 34.4. The molecule has 3 heteroatoms. The first kappa shape index (κ1) is 15.0. The van der Waals surface area contributed by atoms with Crippen LogP contribution in [0.3, 0.4) is 0 Å². The van der Waals surface area contributed by atoms with Gasteiger partial charge in [-0.2, -0.15) is 0 Å². The number of nitrogens with one attached hydrogen (secondary N) is 1. The minimum absolute atomic E-state index is 0.0874. The van der Waals surface area contributed by atoms with E-state index in [1.54, 1.807) is 0 Å². The highest BCUT2D eigenvalue weighted by Gasteiger charge is 2.50. The van der Waals surface area contributed by atoms with Crippen molar-refractivity contribution in [2.45, 2.75) is 38.5 Å². The molecule has 0 spiro atoms. The van der Waals surface area contributed by atoms with Gasteiger partial charge < -0.3 is 10.2 Å². The van der Waals surface area contributed by atoms with Gasteiger partial charge in [-0.1, -0.05) is 6.07 Å². The molecule has 0 radical (unpaired) electrons. The summed E-state index contributed by atoms with van der Waals surface area (Å²) < 4.78 is 0. The predicted octanol–water partition coefficient (Wildman–Crippen LogP) is 3.70. The summed E-state index contributed by atoms with van der Waals surface area (Å²) in [5, 5.41) is 3.26. The summed E-state index contributed by atoms with van der Waals surface area (Å²) >= 11 is 0. The maximum atomic E-state index is 12.6. The van der Waals surface area contributed by atoms with Crippen molar-refractivity contribution in [1.82, 2.24) is 5.32 Å². The molecule has 4 aliphatic rings. The van der Waals surface area contributed by atoms with Gasteiger partial charge in [0.15, 0.2) is 0 Å². The van der Waals surface area contributed by atoms with Gasteiger partial charge in [0, 0.05) is 31.9 Å². The van der Waals surface area contributed by atoms with Gasteiger partial charge >= 0.3 is 0 Å². The molecular formula is C20H28N2O. The molecule has 124 valence electrons. The van der Waals surface area contributed by atoms with Crippen LogP contribution in [-0.4, -0.2) is 26.5 Å². The van der Waals surface area contributed by atoms with E-state index in [9.17, 15) is 4.79 Å². The zero-order valence-electron chi connectivity index (χ0n) is 14.3. The lowest BCUT2D eigenvalue weighted by Gasteiger charge is -2.56. The topological polar surface area (TPSA) is 32.3 Å². The molecule has 0 atom stereocenters. The first-order chi connectivity index (χ1) is 11.0. The maximum absolute atomic E-state index is 12.6. The van der Waals surface area contributed by atoms with E-state index in [1.807, 2.05) is 43.3 Å². The van der Waals surface area contributed by atoms with Gasteiger partial charge in [0.25, 0.3) is 5.91 Å². The summed E-state index contributed by atoms with van der Waals surface area (Å²) in [5.74, 6) is 2.91. The molecule has 4 bridgehead atoms. The molecule has 0 unspecified atom stereocenters. The van der Waals surface area contributed by atoms with Crippen LogP contribution < -0.4 is 10.2 Å². The first-order valence-electron chi connectivity index (χ1n) is 9.09. The zero-order valence-corrected chi connectivity index (χ0v) is 14.3. The van der Waals surface area contributed by atoms with Gasteiger partial charge in [-0.25, -0.2) is 0 Å². The molecule has 4 saturated carbocycles. The Bertz CT molecular complexity index is 572. The van der Waals surface area contributed by atoms with Gasteiger partial charge in [-0.05, 0) is 79.9 Å². The van der Waals surface area contributed by atoms with Gasteiger partial charge in [-0.15, -0.1) is 0 Å². The second-order valence-corrected chi connectivity index (χ2v) is 8.54. The van der Waals surface area contributed by atoms with Gasteiger partial charge in [0.05, 0.1) is 0 Å². The molecule has 1 N–H and O–H groups in total. The number of benzene rings is 1. The summed E-state index contributed by atoms with van der Waals surface area (Å²) in [5.41, 5.74) is 2.26. The van der Waals surface area contributed by atoms with E-state index in [4.69, 9.17) is 0 Å².